The molecule has 4 heteroatoms. The Hall–Kier alpha value is -1.94. The zero-order chi connectivity index (χ0) is 12.1. The SMILES string of the molecule is CCNC(c1ccccn1)c1cnccc1N. The molecule has 0 saturated heterocycles. The van der Waals surface area contributed by atoms with E-state index in [4.69, 9.17) is 5.73 Å². The van der Waals surface area contributed by atoms with Gasteiger partial charge >= 0.3 is 0 Å². The number of hydrogen-bond acceptors (Lipinski definition) is 4. The molecule has 0 aliphatic heterocycles. The Kier molecular flexibility index (Phi) is 3.67. The summed E-state index contributed by atoms with van der Waals surface area (Å²) in [5, 5.41) is 3.37. The average Bonchev–Trinajstić information content (AvgIpc) is 2.38. The molecule has 0 fully saturated rings. The summed E-state index contributed by atoms with van der Waals surface area (Å²) in [5.41, 5.74) is 8.63. The number of nitrogens with zero attached hydrogens (tertiary/aromatic N) is 2. The summed E-state index contributed by atoms with van der Waals surface area (Å²) >= 11 is 0. The molecule has 4 nitrogen and oxygen atoms in total. The third kappa shape index (κ3) is 2.60. The largest absolute Gasteiger partial charge is 0.398 e. The third-order valence-electron chi connectivity index (χ3n) is 2.59. The lowest BCUT2D eigenvalue weighted by Crippen LogP contribution is -2.24. The van der Waals surface area contributed by atoms with Crippen LogP contribution in [0.1, 0.15) is 24.2 Å². The van der Waals surface area contributed by atoms with E-state index in [1.54, 1.807) is 18.6 Å². The molecule has 1 atom stereocenters. The molecule has 0 spiro atoms. The van der Waals surface area contributed by atoms with Gasteiger partial charge in [0, 0.05) is 29.8 Å². The first-order valence-corrected chi connectivity index (χ1v) is 5.66. The number of rotatable bonds is 4. The van der Waals surface area contributed by atoms with Crippen LogP contribution in [0.3, 0.4) is 0 Å². The van der Waals surface area contributed by atoms with Crippen molar-refractivity contribution in [3.05, 3.63) is 54.1 Å². The van der Waals surface area contributed by atoms with E-state index >= 15 is 0 Å². The Morgan fingerprint density at radius 3 is 2.82 bits per heavy atom. The van der Waals surface area contributed by atoms with Gasteiger partial charge in [0.1, 0.15) is 0 Å². The number of nitrogen functional groups attached to an aromatic ring is 1. The minimum Gasteiger partial charge on any atom is -0.398 e. The smallest absolute Gasteiger partial charge is 0.0786 e. The molecule has 2 rings (SSSR count). The lowest BCUT2D eigenvalue weighted by Gasteiger charge is -2.18. The number of anilines is 1. The van der Waals surface area contributed by atoms with Gasteiger partial charge in [-0.25, -0.2) is 0 Å². The van der Waals surface area contributed by atoms with Crippen molar-refractivity contribution in [2.75, 3.05) is 12.3 Å². The summed E-state index contributed by atoms with van der Waals surface area (Å²) in [7, 11) is 0. The summed E-state index contributed by atoms with van der Waals surface area (Å²) in [4.78, 5) is 8.50. The molecule has 88 valence electrons. The van der Waals surface area contributed by atoms with Gasteiger partial charge in [-0.2, -0.15) is 0 Å². The second-order valence-corrected chi connectivity index (χ2v) is 3.75. The van der Waals surface area contributed by atoms with E-state index in [1.165, 1.54) is 0 Å². The molecule has 1 unspecified atom stereocenters. The number of nitrogens with one attached hydrogen (secondary N) is 1. The van der Waals surface area contributed by atoms with Gasteiger partial charge in [-0.15, -0.1) is 0 Å². The second-order valence-electron chi connectivity index (χ2n) is 3.75. The Morgan fingerprint density at radius 2 is 2.18 bits per heavy atom. The fourth-order valence-electron chi connectivity index (χ4n) is 1.78. The maximum absolute atomic E-state index is 5.98. The molecule has 0 aromatic carbocycles. The highest BCUT2D eigenvalue weighted by Gasteiger charge is 2.16. The fourth-order valence-corrected chi connectivity index (χ4v) is 1.78. The van der Waals surface area contributed by atoms with Gasteiger partial charge in [-0.05, 0) is 24.7 Å². The number of aromatic nitrogens is 2. The van der Waals surface area contributed by atoms with E-state index in [2.05, 4.69) is 22.2 Å². The zero-order valence-corrected chi connectivity index (χ0v) is 9.80. The van der Waals surface area contributed by atoms with E-state index in [-0.39, 0.29) is 6.04 Å². The Bertz CT molecular complexity index is 470. The first-order valence-electron chi connectivity index (χ1n) is 5.66. The van der Waals surface area contributed by atoms with Crippen molar-refractivity contribution in [1.29, 1.82) is 0 Å². The van der Waals surface area contributed by atoms with Crippen LogP contribution in [0.2, 0.25) is 0 Å². The molecule has 0 aliphatic rings. The van der Waals surface area contributed by atoms with Gasteiger partial charge in [0.05, 0.1) is 11.7 Å². The van der Waals surface area contributed by atoms with E-state index in [9.17, 15) is 0 Å². The summed E-state index contributed by atoms with van der Waals surface area (Å²) in [6, 6.07) is 7.66. The minimum absolute atomic E-state index is 0.00472. The monoisotopic (exact) mass is 228 g/mol. The van der Waals surface area contributed by atoms with Crippen LogP contribution in [0.15, 0.2) is 42.9 Å². The number of nitrogens with two attached hydrogens (primary N) is 1. The van der Waals surface area contributed by atoms with Gasteiger partial charge in [0.2, 0.25) is 0 Å². The van der Waals surface area contributed by atoms with Gasteiger partial charge < -0.3 is 11.1 Å². The number of hydrogen-bond donors (Lipinski definition) is 2. The molecule has 0 aliphatic carbocycles. The molecule has 0 saturated carbocycles. The van der Waals surface area contributed by atoms with Crippen molar-refractivity contribution in [1.82, 2.24) is 15.3 Å². The molecule has 0 amide bonds. The molecule has 3 N–H and O–H groups in total. The molecule has 0 radical (unpaired) electrons. The van der Waals surface area contributed by atoms with E-state index < -0.39 is 0 Å². The van der Waals surface area contributed by atoms with Crippen LogP contribution in [-0.4, -0.2) is 16.5 Å². The highest BCUT2D eigenvalue weighted by Crippen LogP contribution is 2.24. The molecule has 17 heavy (non-hydrogen) atoms. The quantitative estimate of drug-likeness (QED) is 0.837. The van der Waals surface area contributed by atoms with Gasteiger partial charge in [-0.3, -0.25) is 9.97 Å². The standard InChI is InChI=1S/C13H16N4/c1-2-16-13(12-5-3-4-7-17-12)10-9-15-8-6-11(10)14/h3-9,13,16H,2H2,1H3,(H2,14,15). The third-order valence-corrected chi connectivity index (χ3v) is 2.59. The molecule has 2 aromatic heterocycles. The Labute approximate surface area is 101 Å². The van der Waals surface area contributed by atoms with E-state index in [0.29, 0.717) is 0 Å². The summed E-state index contributed by atoms with van der Waals surface area (Å²) in [6.07, 6.45) is 5.27. The zero-order valence-electron chi connectivity index (χ0n) is 9.80. The van der Waals surface area contributed by atoms with Crippen LogP contribution in [0, 0.1) is 0 Å². The summed E-state index contributed by atoms with van der Waals surface area (Å²) in [5.74, 6) is 0. The summed E-state index contributed by atoms with van der Waals surface area (Å²) in [6.45, 7) is 2.90. The van der Waals surface area contributed by atoms with Crippen LogP contribution >= 0.6 is 0 Å². The van der Waals surface area contributed by atoms with Crippen LogP contribution in [0.25, 0.3) is 0 Å². The predicted molar refractivity (Wildman–Crippen MR) is 68.4 cm³/mol. The Balaban J connectivity index is 2.39. The molecule has 2 aromatic rings. The summed E-state index contributed by atoms with van der Waals surface area (Å²) < 4.78 is 0. The van der Waals surface area contributed by atoms with Crippen LogP contribution in [0.4, 0.5) is 5.69 Å². The number of pyridine rings is 2. The highest BCUT2D eigenvalue weighted by atomic mass is 14.9. The van der Waals surface area contributed by atoms with Crippen LogP contribution < -0.4 is 11.1 Å². The van der Waals surface area contributed by atoms with Crippen molar-refractivity contribution < 1.29 is 0 Å². The maximum atomic E-state index is 5.98. The topological polar surface area (TPSA) is 63.8 Å². The average molecular weight is 228 g/mol. The van der Waals surface area contributed by atoms with Crippen molar-refractivity contribution in [3.63, 3.8) is 0 Å². The van der Waals surface area contributed by atoms with Crippen molar-refractivity contribution >= 4 is 5.69 Å². The van der Waals surface area contributed by atoms with Crippen LogP contribution in [-0.2, 0) is 0 Å². The van der Waals surface area contributed by atoms with E-state index in [1.807, 2.05) is 24.3 Å². The van der Waals surface area contributed by atoms with Crippen molar-refractivity contribution in [2.24, 2.45) is 0 Å². The van der Waals surface area contributed by atoms with E-state index in [0.717, 1.165) is 23.5 Å². The van der Waals surface area contributed by atoms with Gasteiger partial charge in [0.15, 0.2) is 0 Å². The highest BCUT2D eigenvalue weighted by molar-refractivity contribution is 5.48. The lowest BCUT2D eigenvalue weighted by atomic mass is 10.0. The fraction of sp³-hybridized carbons (Fsp3) is 0.231. The van der Waals surface area contributed by atoms with Gasteiger partial charge in [-0.1, -0.05) is 13.0 Å². The predicted octanol–water partition coefficient (Wildman–Crippen LogP) is 1.76. The first kappa shape index (κ1) is 11.5. The minimum atomic E-state index is -0.00472. The second kappa shape index (κ2) is 5.41. The molecular weight excluding hydrogens is 212 g/mol. The van der Waals surface area contributed by atoms with Crippen LogP contribution in [0.5, 0.6) is 0 Å². The molecular formula is C13H16N4. The first-order chi connectivity index (χ1) is 8.33. The molecule has 0 bridgehead atoms. The van der Waals surface area contributed by atoms with Gasteiger partial charge in [0.25, 0.3) is 0 Å². The normalized spacial score (nSPS) is 12.3. The van der Waals surface area contributed by atoms with Crippen molar-refractivity contribution in [3.8, 4) is 0 Å². The Morgan fingerprint density at radius 1 is 1.29 bits per heavy atom. The lowest BCUT2D eigenvalue weighted by molar-refractivity contribution is 0.615. The maximum Gasteiger partial charge on any atom is 0.0786 e. The molecule has 2 heterocycles. The van der Waals surface area contributed by atoms with Crippen molar-refractivity contribution in [2.45, 2.75) is 13.0 Å².